The number of ether oxygens (including phenoxy) is 1. The van der Waals surface area contributed by atoms with Gasteiger partial charge in [-0.2, -0.15) is 0 Å². The Balaban J connectivity index is 2.15. The molecule has 3 rings (SSSR count). The van der Waals surface area contributed by atoms with Crippen molar-refractivity contribution < 1.29 is 9.53 Å². The Bertz CT molecular complexity index is 763. The molecule has 20 heavy (non-hydrogen) atoms. The summed E-state index contributed by atoms with van der Waals surface area (Å²) in [5.41, 5.74) is 8.04. The summed E-state index contributed by atoms with van der Waals surface area (Å²) in [6.45, 7) is 2.09. The first-order valence-electron chi connectivity index (χ1n) is 6.05. The second-order valence-electron chi connectivity index (χ2n) is 4.04. The number of nitrogen functional groups attached to an aromatic ring is 1. The average molecular weight is 288 g/mol. The molecule has 3 aromatic heterocycles. The summed E-state index contributed by atoms with van der Waals surface area (Å²) in [5.74, 6) is 0.0274. The molecular weight excluding hydrogens is 276 g/mol. The fraction of sp³-hybridized carbons (Fsp3) is 0.154. The summed E-state index contributed by atoms with van der Waals surface area (Å²) in [4.78, 5) is 21.0. The second kappa shape index (κ2) is 4.93. The largest absolute Gasteiger partial charge is 0.461 e. The molecule has 2 N–H and O–H groups in total. The average Bonchev–Trinajstić information content (AvgIpc) is 3.01. The summed E-state index contributed by atoms with van der Waals surface area (Å²) in [6, 6.07) is 3.65. The maximum absolute atomic E-state index is 11.9. The highest BCUT2D eigenvalue weighted by molar-refractivity contribution is 7.15. The number of anilines is 1. The number of nitrogens with two attached hydrogens (primary N) is 1. The Kier molecular flexibility index (Phi) is 3.11. The van der Waals surface area contributed by atoms with Crippen LogP contribution in [0.25, 0.3) is 16.2 Å². The monoisotopic (exact) mass is 288 g/mol. The molecule has 3 aromatic rings. The zero-order valence-corrected chi connectivity index (χ0v) is 11.6. The predicted molar refractivity (Wildman–Crippen MR) is 76.7 cm³/mol. The number of thiazole rings is 1. The van der Waals surface area contributed by atoms with Gasteiger partial charge in [0.1, 0.15) is 17.2 Å². The van der Waals surface area contributed by atoms with E-state index in [2.05, 4.69) is 9.97 Å². The fourth-order valence-corrected chi connectivity index (χ4v) is 2.82. The summed E-state index contributed by atoms with van der Waals surface area (Å²) in [5, 5.41) is 1.70. The van der Waals surface area contributed by atoms with Crippen molar-refractivity contribution in [1.82, 2.24) is 14.4 Å². The molecule has 0 spiro atoms. The van der Waals surface area contributed by atoms with Gasteiger partial charge in [-0.05, 0) is 19.1 Å². The molecule has 0 saturated heterocycles. The normalized spacial score (nSPS) is 10.8. The zero-order chi connectivity index (χ0) is 14.1. The molecule has 7 heteroatoms. The number of hydrogen-bond acceptors (Lipinski definition) is 6. The van der Waals surface area contributed by atoms with E-state index in [-0.39, 0.29) is 0 Å². The van der Waals surface area contributed by atoms with Crippen LogP contribution in [0.3, 0.4) is 0 Å². The van der Waals surface area contributed by atoms with Crippen LogP contribution in [0.5, 0.6) is 0 Å². The van der Waals surface area contributed by atoms with Gasteiger partial charge in [-0.1, -0.05) is 0 Å². The van der Waals surface area contributed by atoms with Gasteiger partial charge in [0.05, 0.1) is 6.61 Å². The topological polar surface area (TPSA) is 82.5 Å². The molecule has 0 bridgehead atoms. The lowest BCUT2D eigenvalue weighted by Gasteiger charge is -2.02. The molecule has 0 saturated carbocycles. The van der Waals surface area contributed by atoms with E-state index < -0.39 is 5.97 Å². The maximum Gasteiger partial charge on any atom is 0.356 e. The number of pyridine rings is 1. The van der Waals surface area contributed by atoms with Gasteiger partial charge in [0.15, 0.2) is 4.96 Å². The highest BCUT2D eigenvalue weighted by Crippen LogP contribution is 2.30. The standard InChI is InChI=1S/C13H12N4O2S/c1-2-19-12(18)9-7-20-13-16-10(11(14)17(9)13)8-3-5-15-6-4-8/h3-7H,2,14H2,1H3. The number of hydrogen-bond donors (Lipinski definition) is 1. The van der Waals surface area contributed by atoms with Crippen LogP contribution in [0.15, 0.2) is 29.9 Å². The van der Waals surface area contributed by atoms with Crippen molar-refractivity contribution in [2.45, 2.75) is 6.92 Å². The van der Waals surface area contributed by atoms with Gasteiger partial charge in [0.2, 0.25) is 0 Å². The molecule has 0 aromatic carbocycles. The summed E-state index contributed by atoms with van der Waals surface area (Å²) in [6.07, 6.45) is 3.35. The van der Waals surface area contributed by atoms with Crippen LogP contribution in [-0.4, -0.2) is 26.9 Å². The zero-order valence-electron chi connectivity index (χ0n) is 10.7. The van der Waals surface area contributed by atoms with Gasteiger partial charge in [-0.25, -0.2) is 9.78 Å². The number of rotatable bonds is 3. The molecular formula is C13H12N4O2S. The van der Waals surface area contributed by atoms with Gasteiger partial charge in [0, 0.05) is 23.3 Å². The van der Waals surface area contributed by atoms with E-state index >= 15 is 0 Å². The van der Waals surface area contributed by atoms with E-state index in [1.54, 1.807) is 29.1 Å². The second-order valence-corrected chi connectivity index (χ2v) is 4.88. The minimum atomic E-state index is -0.399. The number of nitrogens with zero attached hydrogens (tertiary/aromatic N) is 3. The molecule has 0 aliphatic heterocycles. The predicted octanol–water partition coefficient (Wildman–Crippen LogP) is 2.22. The van der Waals surface area contributed by atoms with Crippen LogP contribution in [0.4, 0.5) is 5.82 Å². The molecule has 0 amide bonds. The van der Waals surface area contributed by atoms with Crippen LogP contribution < -0.4 is 5.73 Å². The Morgan fingerprint density at radius 2 is 2.20 bits per heavy atom. The Labute approximate surface area is 118 Å². The number of carbonyl (C=O) groups is 1. The Hall–Kier alpha value is -2.41. The Morgan fingerprint density at radius 3 is 2.90 bits per heavy atom. The maximum atomic E-state index is 11.9. The summed E-state index contributed by atoms with van der Waals surface area (Å²) >= 11 is 1.35. The first kappa shape index (κ1) is 12.6. The molecule has 0 radical (unpaired) electrons. The highest BCUT2D eigenvalue weighted by Gasteiger charge is 2.20. The minimum absolute atomic E-state index is 0.321. The quantitative estimate of drug-likeness (QED) is 0.747. The van der Waals surface area contributed by atoms with Gasteiger partial charge in [-0.15, -0.1) is 11.3 Å². The number of esters is 1. The van der Waals surface area contributed by atoms with Crippen LogP contribution >= 0.6 is 11.3 Å². The lowest BCUT2D eigenvalue weighted by Crippen LogP contribution is -2.09. The number of imidazole rings is 1. The third kappa shape index (κ3) is 1.92. The fourth-order valence-electron chi connectivity index (χ4n) is 1.95. The van der Waals surface area contributed by atoms with Crippen LogP contribution in [0, 0.1) is 0 Å². The van der Waals surface area contributed by atoms with E-state index in [1.165, 1.54) is 11.3 Å². The van der Waals surface area contributed by atoms with Gasteiger partial charge in [-0.3, -0.25) is 9.38 Å². The van der Waals surface area contributed by atoms with Crippen molar-refractivity contribution in [3.63, 3.8) is 0 Å². The minimum Gasteiger partial charge on any atom is -0.461 e. The molecule has 0 atom stereocenters. The van der Waals surface area contributed by atoms with E-state index in [9.17, 15) is 4.79 Å². The third-order valence-electron chi connectivity index (χ3n) is 2.84. The number of aromatic nitrogens is 3. The number of carbonyl (C=O) groups excluding carboxylic acids is 1. The third-order valence-corrected chi connectivity index (χ3v) is 3.66. The molecule has 102 valence electrons. The van der Waals surface area contributed by atoms with Crippen molar-refractivity contribution in [2.75, 3.05) is 12.3 Å². The van der Waals surface area contributed by atoms with Gasteiger partial charge in [0.25, 0.3) is 0 Å². The van der Waals surface area contributed by atoms with Crippen molar-refractivity contribution >= 4 is 28.1 Å². The molecule has 0 unspecified atom stereocenters. The molecule has 3 heterocycles. The summed E-state index contributed by atoms with van der Waals surface area (Å²) in [7, 11) is 0. The lowest BCUT2D eigenvalue weighted by molar-refractivity contribution is 0.0519. The van der Waals surface area contributed by atoms with Crippen molar-refractivity contribution in [2.24, 2.45) is 0 Å². The van der Waals surface area contributed by atoms with Gasteiger partial charge >= 0.3 is 5.97 Å². The van der Waals surface area contributed by atoms with Crippen molar-refractivity contribution in [3.05, 3.63) is 35.6 Å². The molecule has 0 aliphatic rings. The van der Waals surface area contributed by atoms with E-state index in [4.69, 9.17) is 10.5 Å². The highest BCUT2D eigenvalue weighted by atomic mass is 32.1. The molecule has 0 aliphatic carbocycles. The van der Waals surface area contributed by atoms with Crippen molar-refractivity contribution in [1.29, 1.82) is 0 Å². The van der Waals surface area contributed by atoms with E-state index in [1.807, 2.05) is 12.1 Å². The van der Waals surface area contributed by atoms with E-state index in [0.717, 1.165) is 5.56 Å². The summed E-state index contributed by atoms with van der Waals surface area (Å²) < 4.78 is 6.64. The van der Waals surface area contributed by atoms with Crippen LogP contribution in [-0.2, 0) is 4.74 Å². The SMILES string of the molecule is CCOC(=O)c1csc2nc(-c3ccncc3)c(N)n12. The smallest absolute Gasteiger partial charge is 0.356 e. The van der Waals surface area contributed by atoms with E-state index in [0.29, 0.717) is 28.8 Å². The first-order chi connectivity index (χ1) is 9.72. The van der Waals surface area contributed by atoms with Crippen molar-refractivity contribution in [3.8, 4) is 11.3 Å². The Morgan fingerprint density at radius 1 is 1.45 bits per heavy atom. The first-order valence-corrected chi connectivity index (χ1v) is 6.93. The lowest BCUT2D eigenvalue weighted by atomic mass is 10.2. The molecule has 0 fully saturated rings. The molecule has 6 nitrogen and oxygen atoms in total. The number of fused-ring (bicyclic) bond motifs is 1. The van der Waals surface area contributed by atoms with Crippen LogP contribution in [0.1, 0.15) is 17.4 Å². The van der Waals surface area contributed by atoms with Crippen LogP contribution in [0.2, 0.25) is 0 Å². The van der Waals surface area contributed by atoms with Gasteiger partial charge < -0.3 is 10.5 Å².